The third kappa shape index (κ3) is 35.8. The summed E-state index contributed by atoms with van der Waals surface area (Å²) in [5, 5.41) is 35.7. The Morgan fingerprint density at radius 3 is 1.41 bits per heavy atom. The van der Waals surface area contributed by atoms with Crippen molar-refractivity contribution in [3.8, 4) is 0 Å². The third-order valence-corrected chi connectivity index (χ3v) is 10.6. The van der Waals surface area contributed by atoms with E-state index in [9.17, 15) is 58.2 Å². The predicted molar refractivity (Wildman–Crippen MR) is 246 cm³/mol. The molecule has 0 aromatic carbocycles. The summed E-state index contributed by atoms with van der Waals surface area (Å²) in [6.45, 7) is 0.147. The van der Waals surface area contributed by atoms with E-state index in [1.54, 1.807) is 0 Å². The van der Waals surface area contributed by atoms with Crippen LogP contribution in [0.3, 0.4) is 0 Å². The summed E-state index contributed by atoms with van der Waals surface area (Å²) in [7, 11) is 0. The molecule has 70 heavy (non-hydrogen) atoms. The molecule has 0 bridgehead atoms. The first-order chi connectivity index (χ1) is 33.7. The lowest BCUT2D eigenvalue weighted by atomic mass is 10.0. The number of rotatable bonds is 47. The molecule has 24 nitrogen and oxygen atoms in total. The number of carbonyl (C=O) groups is 10. The second-order valence-electron chi connectivity index (χ2n) is 16.6. The lowest BCUT2D eigenvalue weighted by molar-refractivity contribution is -0.200. The molecule has 1 saturated heterocycles. The summed E-state index contributed by atoms with van der Waals surface area (Å²) >= 11 is 0. The number of hydroxylamine groups is 3. The molecule has 7 N–H and O–H groups in total. The summed E-state index contributed by atoms with van der Waals surface area (Å²) in [4.78, 5) is 127. The topological polar surface area (TPSA) is 338 Å². The van der Waals surface area contributed by atoms with Gasteiger partial charge in [0.1, 0.15) is 25.3 Å². The molecule has 1 aliphatic heterocycles. The molecule has 2 atom stereocenters. The Balaban J connectivity index is 2.02. The molecule has 0 unspecified atom stereocenters. The van der Waals surface area contributed by atoms with Gasteiger partial charge >= 0.3 is 29.8 Å². The molecule has 0 saturated carbocycles. The van der Waals surface area contributed by atoms with Crippen LogP contribution in [0, 0.1) is 0 Å². The number of nitrogens with one attached hydrogen (secondary N) is 4. The van der Waals surface area contributed by atoms with E-state index >= 15 is 0 Å². The highest BCUT2D eigenvalue weighted by Gasteiger charge is 2.33. The van der Waals surface area contributed by atoms with E-state index in [-0.39, 0.29) is 104 Å². The number of amides is 5. The minimum atomic E-state index is -1.43. The maximum absolute atomic E-state index is 12.4. The smallest absolute Gasteiger partial charge is 0.358 e. The molecular weight excluding hydrogens is 927 g/mol. The van der Waals surface area contributed by atoms with Crippen LogP contribution < -0.4 is 21.4 Å². The van der Waals surface area contributed by atoms with E-state index in [4.69, 9.17) is 28.9 Å². The zero-order valence-electron chi connectivity index (χ0n) is 40.5. The van der Waals surface area contributed by atoms with Crippen molar-refractivity contribution in [2.24, 2.45) is 0 Å². The van der Waals surface area contributed by atoms with Gasteiger partial charge in [-0.3, -0.25) is 38.4 Å². The molecule has 1 rings (SSSR count). The summed E-state index contributed by atoms with van der Waals surface area (Å²) in [5.74, 6) is -7.80. The SMILES string of the molecule is O=C(O)CCCCCCCCCCCCCCCCCCC(=O)N[C@@H](CCC(=O)ON[C@@H](CCC(=O)NCCOCCOCC(=O)NCCOCCOCC(=O)ON1C(=O)CCC1=O)C(=O)O)C(=O)O. The van der Waals surface area contributed by atoms with Crippen molar-refractivity contribution in [3.05, 3.63) is 0 Å². The molecule has 24 heteroatoms. The fraction of sp³-hybridized carbons (Fsp3) is 0.783. The van der Waals surface area contributed by atoms with Crippen LogP contribution in [0.1, 0.15) is 154 Å². The van der Waals surface area contributed by atoms with Gasteiger partial charge in [-0.15, -0.1) is 10.5 Å². The molecule has 0 aromatic heterocycles. The Labute approximate surface area is 409 Å². The third-order valence-electron chi connectivity index (χ3n) is 10.6. The lowest BCUT2D eigenvalue weighted by Gasteiger charge is -2.16. The average molecular weight is 1000 g/mol. The zero-order chi connectivity index (χ0) is 51.6. The van der Waals surface area contributed by atoms with Crippen LogP contribution in [-0.2, 0) is 76.6 Å². The van der Waals surface area contributed by atoms with Gasteiger partial charge in [-0.05, 0) is 25.7 Å². The van der Waals surface area contributed by atoms with Crippen LogP contribution in [0.4, 0.5) is 0 Å². The van der Waals surface area contributed by atoms with Gasteiger partial charge in [-0.25, -0.2) is 9.59 Å². The van der Waals surface area contributed by atoms with Crippen molar-refractivity contribution < 1.29 is 91.9 Å². The fourth-order valence-corrected chi connectivity index (χ4v) is 6.73. The minimum Gasteiger partial charge on any atom is -0.481 e. The van der Waals surface area contributed by atoms with Crippen molar-refractivity contribution in [2.45, 2.75) is 166 Å². The predicted octanol–water partition coefficient (Wildman–Crippen LogP) is 2.63. The normalized spacial score (nSPS) is 13.1. The largest absolute Gasteiger partial charge is 0.481 e. The average Bonchev–Trinajstić information content (AvgIpc) is 3.63. The fourth-order valence-electron chi connectivity index (χ4n) is 6.73. The number of carboxylic acids is 3. The number of aliphatic carboxylic acids is 3. The number of carbonyl (C=O) groups excluding carboxylic acids is 7. The van der Waals surface area contributed by atoms with Gasteiger partial charge in [0.05, 0.1) is 39.6 Å². The van der Waals surface area contributed by atoms with Crippen LogP contribution in [0.5, 0.6) is 0 Å². The second kappa shape index (κ2) is 41.5. The summed E-state index contributed by atoms with van der Waals surface area (Å²) in [5.41, 5.74) is 2.10. The second-order valence-corrected chi connectivity index (χ2v) is 16.6. The molecule has 1 fully saturated rings. The number of unbranched alkanes of at least 4 members (excludes halogenated alkanes) is 15. The van der Waals surface area contributed by atoms with Gasteiger partial charge in [0.15, 0.2) is 0 Å². The first kappa shape index (κ1) is 62.7. The zero-order valence-corrected chi connectivity index (χ0v) is 40.5. The Morgan fingerprint density at radius 1 is 0.471 bits per heavy atom. The van der Waals surface area contributed by atoms with Crippen molar-refractivity contribution in [1.82, 2.24) is 26.5 Å². The standard InChI is InChI=1S/C46H77N5O19/c52-37(47-25-27-65-29-31-67-33-39(54)48-26-28-66-30-32-68-34-44(60)70-51-40(55)22-23-41(51)56)21-19-36(46(63)64)50-69-43(59)24-20-35(45(61)62)49-38(53)17-15-13-11-9-7-5-3-1-2-4-6-8-10-12-14-16-18-42(57)58/h35-36,50H,1-34H2,(H,47,52)(H,48,54)(H,49,53)(H,57,58)(H,61,62)(H,63,64)/t35-,36-/m0/s1. The van der Waals surface area contributed by atoms with Crippen LogP contribution in [0.25, 0.3) is 0 Å². The molecule has 0 aromatic rings. The van der Waals surface area contributed by atoms with Crippen molar-refractivity contribution in [1.29, 1.82) is 0 Å². The van der Waals surface area contributed by atoms with Gasteiger partial charge in [-0.1, -0.05) is 89.9 Å². The monoisotopic (exact) mass is 1000 g/mol. The quantitative estimate of drug-likeness (QED) is 0.0262. The Morgan fingerprint density at radius 2 is 0.914 bits per heavy atom. The first-order valence-corrected chi connectivity index (χ1v) is 24.5. The van der Waals surface area contributed by atoms with Gasteiger partial charge in [0, 0.05) is 51.6 Å². The maximum atomic E-state index is 12.4. The summed E-state index contributed by atoms with van der Waals surface area (Å²) in [6, 6.07) is -2.77. The molecular formula is C46H77N5O19. The van der Waals surface area contributed by atoms with E-state index in [0.29, 0.717) is 11.5 Å². The Kier molecular flexibility index (Phi) is 37.2. The molecule has 0 spiro atoms. The van der Waals surface area contributed by atoms with Gasteiger partial charge in [0.2, 0.25) is 17.7 Å². The minimum absolute atomic E-state index is 0.0130. The molecule has 1 aliphatic rings. The van der Waals surface area contributed by atoms with E-state index in [0.717, 1.165) is 44.9 Å². The summed E-state index contributed by atoms with van der Waals surface area (Å²) < 4.78 is 20.9. The highest BCUT2D eigenvalue weighted by atomic mass is 16.7. The maximum Gasteiger partial charge on any atom is 0.358 e. The highest BCUT2D eigenvalue weighted by Crippen LogP contribution is 2.15. The molecule has 0 aliphatic carbocycles. The molecule has 5 amide bonds. The Hall–Kier alpha value is -5.30. The van der Waals surface area contributed by atoms with Crippen molar-refractivity contribution in [3.63, 3.8) is 0 Å². The van der Waals surface area contributed by atoms with Gasteiger partial charge in [0.25, 0.3) is 11.8 Å². The number of imide groups is 1. The lowest BCUT2D eigenvalue weighted by Crippen LogP contribution is -2.42. The first-order valence-electron chi connectivity index (χ1n) is 24.5. The number of nitrogens with zero attached hydrogens (tertiary/aromatic N) is 1. The van der Waals surface area contributed by atoms with Gasteiger partial charge < -0.3 is 59.9 Å². The van der Waals surface area contributed by atoms with Crippen LogP contribution in [0.15, 0.2) is 0 Å². The molecule has 0 radical (unpaired) electrons. The molecule has 1 heterocycles. The van der Waals surface area contributed by atoms with Crippen LogP contribution in [0.2, 0.25) is 0 Å². The van der Waals surface area contributed by atoms with Crippen molar-refractivity contribution >= 4 is 59.4 Å². The van der Waals surface area contributed by atoms with Crippen LogP contribution in [-0.4, -0.2) is 158 Å². The number of carboxylic acid groups (broad SMARTS) is 3. The van der Waals surface area contributed by atoms with Crippen molar-refractivity contribution in [2.75, 3.05) is 65.9 Å². The number of ether oxygens (including phenoxy) is 4. The summed E-state index contributed by atoms with van der Waals surface area (Å²) in [6.07, 6.45) is 16.4. The van der Waals surface area contributed by atoms with Crippen LogP contribution >= 0.6 is 0 Å². The van der Waals surface area contributed by atoms with E-state index in [2.05, 4.69) is 26.3 Å². The number of hydrogen-bond donors (Lipinski definition) is 7. The van der Waals surface area contributed by atoms with E-state index < -0.39 is 84.5 Å². The number of hydrogen-bond acceptors (Lipinski definition) is 17. The Bertz CT molecular complexity index is 1570. The highest BCUT2D eigenvalue weighted by molar-refractivity contribution is 6.01. The molecule has 400 valence electrons. The van der Waals surface area contributed by atoms with E-state index in [1.165, 1.54) is 51.4 Å². The van der Waals surface area contributed by atoms with E-state index in [1.807, 2.05) is 0 Å². The van der Waals surface area contributed by atoms with Gasteiger partial charge in [-0.2, -0.15) is 0 Å².